The van der Waals surface area contributed by atoms with E-state index in [1.807, 2.05) is 24.3 Å². The number of aryl methyl sites for hydroxylation is 1. The van der Waals surface area contributed by atoms with Gasteiger partial charge in [-0.05, 0) is 41.8 Å². The molecule has 0 fully saturated rings. The molecule has 0 aliphatic carbocycles. The first-order chi connectivity index (χ1) is 10.2. The molecule has 0 radical (unpaired) electrons. The monoisotopic (exact) mass is 283 g/mol. The quantitative estimate of drug-likeness (QED) is 0.778. The van der Waals surface area contributed by atoms with E-state index in [1.165, 1.54) is 17.5 Å². The first kappa shape index (κ1) is 15.6. The van der Waals surface area contributed by atoms with Crippen LogP contribution < -0.4 is 10.1 Å². The zero-order chi connectivity index (χ0) is 15.1. The van der Waals surface area contributed by atoms with Gasteiger partial charge in [-0.25, -0.2) is 0 Å². The van der Waals surface area contributed by atoms with Gasteiger partial charge in [0.2, 0.25) is 0 Å². The van der Waals surface area contributed by atoms with Crippen LogP contribution in [-0.4, -0.2) is 6.04 Å². The van der Waals surface area contributed by atoms with Crippen molar-refractivity contribution in [2.24, 2.45) is 0 Å². The number of hydrogen-bond acceptors (Lipinski definition) is 2. The Hall–Kier alpha value is -1.80. The number of ether oxygens (including phenoxy) is 1. The van der Waals surface area contributed by atoms with E-state index in [0.29, 0.717) is 6.04 Å². The maximum atomic E-state index is 5.87. The molecule has 0 unspecified atom stereocenters. The predicted octanol–water partition coefficient (Wildman–Crippen LogP) is 4.93. The Balaban J connectivity index is 1.93. The number of nitrogens with one attached hydrogen (secondary N) is 1. The Morgan fingerprint density at radius 1 is 0.857 bits per heavy atom. The van der Waals surface area contributed by atoms with Crippen LogP contribution >= 0.6 is 0 Å². The molecule has 0 saturated carbocycles. The van der Waals surface area contributed by atoms with E-state index < -0.39 is 0 Å². The summed E-state index contributed by atoms with van der Waals surface area (Å²) in [6.45, 7) is 7.39. The molecule has 2 rings (SSSR count). The van der Waals surface area contributed by atoms with E-state index in [2.05, 4.69) is 50.4 Å². The molecule has 0 aliphatic rings. The Kier molecular flexibility index (Phi) is 5.82. The van der Waals surface area contributed by atoms with Crippen molar-refractivity contribution >= 4 is 0 Å². The maximum Gasteiger partial charge on any atom is 0.127 e. The molecule has 0 amide bonds. The lowest BCUT2D eigenvalue weighted by molar-refractivity contribution is 0.482. The zero-order valence-electron chi connectivity index (χ0n) is 13.2. The number of benzene rings is 2. The summed E-state index contributed by atoms with van der Waals surface area (Å²) in [6.07, 6.45) is 2.30. The van der Waals surface area contributed by atoms with E-state index in [4.69, 9.17) is 4.74 Å². The van der Waals surface area contributed by atoms with Crippen molar-refractivity contribution in [1.82, 2.24) is 5.32 Å². The van der Waals surface area contributed by atoms with Crippen LogP contribution in [-0.2, 0) is 13.0 Å². The fraction of sp³-hybridized carbons (Fsp3) is 0.368. The second-order valence-corrected chi connectivity index (χ2v) is 5.68. The van der Waals surface area contributed by atoms with Crippen molar-refractivity contribution in [3.63, 3.8) is 0 Å². The van der Waals surface area contributed by atoms with Gasteiger partial charge in [0, 0.05) is 12.6 Å². The van der Waals surface area contributed by atoms with Gasteiger partial charge in [-0.1, -0.05) is 51.5 Å². The minimum atomic E-state index is 0.502. The third kappa shape index (κ3) is 5.24. The van der Waals surface area contributed by atoms with Crippen LogP contribution in [0.5, 0.6) is 11.5 Å². The molecule has 0 saturated heterocycles. The molecule has 21 heavy (non-hydrogen) atoms. The Morgan fingerprint density at radius 2 is 1.38 bits per heavy atom. The van der Waals surface area contributed by atoms with Gasteiger partial charge in [0.1, 0.15) is 11.5 Å². The normalized spacial score (nSPS) is 10.9. The van der Waals surface area contributed by atoms with Crippen molar-refractivity contribution < 1.29 is 4.74 Å². The van der Waals surface area contributed by atoms with E-state index in [-0.39, 0.29) is 0 Å². The first-order valence-corrected chi connectivity index (χ1v) is 7.76. The minimum Gasteiger partial charge on any atom is -0.457 e. The largest absolute Gasteiger partial charge is 0.457 e. The van der Waals surface area contributed by atoms with Crippen LogP contribution in [0, 0.1) is 0 Å². The van der Waals surface area contributed by atoms with Crippen LogP contribution in [0.4, 0.5) is 0 Å². The van der Waals surface area contributed by atoms with Gasteiger partial charge in [0.05, 0.1) is 0 Å². The lowest BCUT2D eigenvalue weighted by Crippen LogP contribution is -2.21. The fourth-order valence-corrected chi connectivity index (χ4v) is 2.15. The molecule has 0 aliphatic heterocycles. The third-order valence-electron chi connectivity index (χ3n) is 3.34. The van der Waals surface area contributed by atoms with E-state index in [1.54, 1.807) is 0 Å². The summed E-state index contributed by atoms with van der Waals surface area (Å²) in [5.41, 5.74) is 2.63. The molecule has 112 valence electrons. The topological polar surface area (TPSA) is 21.3 Å². The molecule has 0 heterocycles. The molecule has 2 aromatic carbocycles. The van der Waals surface area contributed by atoms with Crippen LogP contribution in [0.3, 0.4) is 0 Å². The van der Waals surface area contributed by atoms with Gasteiger partial charge in [-0.3, -0.25) is 0 Å². The minimum absolute atomic E-state index is 0.502. The standard InChI is InChI=1S/C19H25NO/c1-4-5-16-6-10-18(11-7-16)21-19-12-8-17(9-13-19)14-20-15(2)3/h6-13,15,20H,4-5,14H2,1-3H3. The second-order valence-electron chi connectivity index (χ2n) is 5.68. The molecule has 2 aromatic rings. The van der Waals surface area contributed by atoms with Gasteiger partial charge in [0.15, 0.2) is 0 Å². The Labute approximate surface area is 128 Å². The number of rotatable bonds is 7. The average molecular weight is 283 g/mol. The molecule has 0 bridgehead atoms. The molecule has 0 aromatic heterocycles. The van der Waals surface area contributed by atoms with Gasteiger partial charge in [-0.2, -0.15) is 0 Å². The smallest absolute Gasteiger partial charge is 0.127 e. The second kappa shape index (κ2) is 7.84. The van der Waals surface area contributed by atoms with Crippen LogP contribution in [0.2, 0.25) is 0 Å². The molecule has 2 heteroatoms. The Morgan fingerprint density at radius 3 is 1.86 bits per heavy atom. The lowest BCUT2D eigenvalue weighted by atomic mass is 10.1. The summed E-state index contributed by atoms with van der Waals surface area (Å²) in [4.78, 5) is 0. The van der Waals surface area contributed by atoms with Crippen molar-refractivity contribution in [3.05, 3.63) is 59.7 Å². The summed E-state index contributed by atoms with van der Waals surface area (Å²) < 4.78 is 5.87. The zero-order valence-corrected chi connectivity index (χ0v) is 13.2. The summed E-state index contributed by atoms with van der Waals surface area (Å²) >= 11 is 0. The van der Waals surface area contributed by atoms with Crippen LogP contribution in [0.15, 0.2) is 48.5 Å². The first-order valence-electron chi connectivity index (χ1n) is 7.76. The third-order valence-corrected chi connectivity index (χ3v) is 3.34. The highest BCUT2D eigenvalue weighted by atomic mass is 16.5. The van der Waals surface area contributed by atoms with Crippen molar-refractivity contribution in [1.29, 1.82) is 0 Å². The highest BCUT2D eigenvalue weighted by Gasteiger charge is 2.00. The lowest BCUT2D eigenvalue weighted by Gasteiger charge is -2.10. The number of hydrogen-bond donors (Lipinski definition) is 1. The summed E-state index contributed by atoms with van der Waals surface area (Å²) in [5.74, 6) is 1.77. The highest BCUT2D eigenvalue weighted by molar-refractivity contribution is 5.34. The van der Waals surface area contributed by atoms with Crippen LogP contribution in [0.1, 0.15) is 38.3 Å². The molecular weight excluding hydrogens is 258 g/mol. The molecule has 1 N–H and O–H groups in total. The summed E-state index contributed by atoms with van der Waals surface area (Å²) in [7, 11) is 0. The molecular formula is C19H25NO. The van der Waals surface area contributed by atoms with Gasteiger partial charge >= 0.3 is 0 Å². The summed E-state index contributed by atoms with van der Waals surface area (Å²) in [5, 5.41) is 3.41. The average Bonchev–Trinajstić information content (AvgIpc) is 2.49. The van der Waals surface area contributed by atoms with Crippen molar-refractivity contribution in [2.45, 2.75) is 46.2 Å². The molecule has 0 atom stereocenters. The Bertz CT molecular complexity index is 528. The van der Waals surface area contributed by atoms with Gasteiger partial charge in [-0.15, -0.1) is 0 Å². The SMILES string of the molecule is CCCc1ccc(Oc2ccc(CNC(C)C)cc2)cc1. The summed E-state index contributed by atoms with van der Waals surface area (Å²) in [6, 6.07) is 17.1. The highest BCUT2D eigenvalue weighted by Crippen LogP contribution is 2.22. The molecule has 0 spiro atoms. The fourth-order valence-electron chi connectivity index (χ4n) is 2.15. The van der Waals surface area contributed by atoms with Crippen molar-refractivity contribution in [3.8, 4) is 11.5 Å². The van der Waals surface area contributed by atoms with Crippen LogP contribution in [0.25, 0.3) is 0 Å². The van der Waals surface area contributed by atoms with Crippen molar-refractivity contribution in [2.75, 3.05) is 0 Å². The maximum absolute atomic E-state index is 5.87. The van der Waals surface area contributed by atoms with Gasteiger partial charge in [0.25, 0.3) is 0 Å². The molecule has 2 nitrogen and oxygen atoms in total. The van der Waals surface area contributed by atoms with E-state index in [9.17, 15) is 0 Å². The van der Waals surface area contributed by atoms with E-state index >= 15 is 0 Å². The predicted molar refractivity (Wildman–Crippen MR) is 88.9 cm³/mol. The van der Waals surface area contributed by atoms with E-state index in [0.717, 1.165) is 24.5 Å². The van der Waals surface area contributed by atoms with Gasteiger partial charge < -0.3 is 10.1 Å².